The third kappa shape index (κ3) is 6.76. The first-order chi connectivity index (χ1) is 12.9. The topological polar surface area (TPSA) is 30.5 Å². The zero-order chi connectivity index (χ0) is 19.8. The Morgan fingerprint density at radius 3 is 2.33 bits per heavy atom. The summed E-state index contributed by atoms with van der Waals surface area (Å²) in [6, 6.07) is 9.22. The number of ether oxygens (including phenoxy) is 2. The van der Waals surface area contributed by atoms with Gasteiger partial charge in [0.05, 0.1) is 11.6 Å². The molecule has 3 nitrogen and oxygen atoms in total. The molecule has 27 heavy (non-hydrogen) atoms. The summed E-state index contributed by atoms with van der Waals surface area (Å²) in [7, 11) is 0. The molecule has 0 aliphatic heterocycles. The van der Waals surface area contributed by atoms with Gasteiger partial charge in [-0.05, 0) is 55.6 Å². The average Bonchev–Trinajstić information content (AvgIpc) is 2.60. The van der Waals surface area contributed by atoms with E-state index in [4.69, 9.17) is 44.3 Å². The SMILES string of the molecule is CCOc1cc(CNCCC(C)C)cc(Cl)c1OCc1c(Cl)cccc1Cl. The number of rotatable bonds is 10. The van der Waals surface area contributed by atoms with Gasteiger partial charge in [-0.2, -0.15) is 0 Å². The van der Waals surface area contributed by atoms with E-state index in [9.17, 15) is 0 Å². The quantitative estimate of drug-likeness (QED) is 0.422. The highest BCUT2D eigenvalue weighted by atomic mass is 35.5. The predicted molar refractivity (Wildman–Crippen MR) is 115 cm³/mol. The molecule has 2 aromatic carbocycles. The number of benzene rings is 2. The molecule has 0 spiro atoms. The molecule has 0 saturated heterocycles. The lowest BCUT2D eigenvalue weighted by Crippen LogP contribution is -2.16. The van der Waals surface area contributed by atoms with Gasteiger partial charge >= 0.3 is 0 Å². The molecule has 0 unspecified atom stereocenters. The van der Waals surface area contributed by atoms with Crippen LogP contribution in [0, 0.1) is 5.92 Å². The van der Waals surface area contributed by atoms with Crippen LogP contribution in [0.1, 0.15) is 38.3 Å². The van der Waals surface area contributed by atoms with Gasteiger partial charge < -0.3 is 14.8 Å². The predicted octanol–water partition coefficient (Wildman–Crippen LogP) is 6.76. The first-order valence-electron chi connectivity index (χ1n) is 9.14. The van der Waals surface area contributed by atoms with Crippen LogP contribution in [0.3, 0.4) is 0 Å². The molecule has 0 saturated carbocycles. The van der Waals surface area contributed by atoms with Crippen LogP contribution < -0.4 is 14.8 Å². The number of nitrogens with one attached hydrogen (secondary N) is 1. The molecule has 0 heterocycles. The third-order valence-electron chi connectivity index (χ3n) is 4.02. The van der Waals surface area contributed by atoms with Crippen molar-refractivity contribution < 1.29 is 9.47 Å². The van der Waals surface area contributed by atoms with E-state index in [0.29, 0.717) is 39.1 Å². The lowest BCUT2D eigenvalue weighted by molar-refractivity contribution is 0.269. The summed E-state index contributed by atoms with van der Waals surface area (Å²) in [6.07, 6.45) is 1.13. The molecule has 2 aromatic rings. The second-order valence-corrected chi connectivity index (χ2v) is 7.91. The van der Waals surface area contributed by atoms with Gasteiger partial charge in [0.2, 0.25) is 0 Å². The van der Waals surface area contributed by atoms with Gasteiger partial charge in [-0.3, -0.25) is 0 Å². The Kier molecular flexibility index (Phi) is 9.04. The zero-order valence-corrected chi connectivity index (χ0v) is 18.2. The van der Waals surface area contributed by atoms with Crippen molar-refractivity contribution in [3.05, 3.63) is 56.5 Å². The van der Waals surface area contributed by atoms with Crippen molar-refractivity contribution in [1.29, 1.82) is 0 Å². The highest BCUT2D eigenvalue weighted by Crippen LogP contribution is 2.38. The van der Waals surface area contributed by atoms with E-state index in [1.165, 1.54) is 0 Å². The molecule has 0 aromatic heterocycles. The van der Waals surface area contributed by atoms with Gasteiger partial charge in [0, 0.05) is 22.2 Å². The summed E-state index contributed by atoms with van der Waals surface area (Å²) in [5, 5.41) is 5.05. The first-order valence-corrected chi connectivity index (χ1v) is 10.3. The Balaban J connectivity index is 2.13. The monoisotopic (exact) mass is 429 g/mol. The summed E-state index contributed by atoms with van der Waals surface area (Å²) in [4.78, 5) is 0. The summed E-state index contributed by atoms with van der Waals surface area (Å²) in [6.45, 7) is 8.77. The van der Waals surface area contributed by atoms with Crippen LogP contribution in [0.2, 0.25) is 15.1 Å². The maximum Gasteiger partial charge on any atom is 0.180 e. The normalized spacial score (nSPS) is 11.1. The Hall–Kier alpha value is -1.13. The summed E-state index contributed by atoms with van der Waals surface area (Å²) in [5.41, 5.74) is 1.77. The van der Waals surface area contributed by atoms with Crippen molar-refractivity contribution in [2.45, 2.75) is 40.3 Å². The molecule has 0 aliphatic carbocycles. The van der Waals surface area contributed by atoms with Crippen molar-refractivity contribution in [3.63, 3.8) is 0 Å². The van der Waals surface area contributed by atoms with E-state index in [1.54, 1.807) is 18.2 Å². The Bertz CT molecular complexity index is 730. The smallest absolute Gasteiger partial charge is 0.180 e. The minimum absolute atomic E-state index is 0.213. The molecule has 0 atom stereocenters. The van der Waals surface area contributed by atoms with Crippen LogP contribution >= 0.6 is 34.8 Å². The summed E-state index contributed by atoms with van der Waals surface area (Å²) in [5.74, 6) is 1.79. The third-order valence-corrected chi connectivity index (χ3v) is 5.01. The van der Waals surface area contributed by atoms with E-state index in [2.05, 4.69) is 19.2 Å². The molecule has 2 rings (SSSR count). The minimum Gasteiger partial charge on any atom is -0.490 e. The second-order valence-electron chi connectivity index (χ2n) is 6.69. The maximum absolute atomic E-state index is 6.48. The van der Waals surface area contributed by atoms with Crippen LogP contribution in [0.5, 0.6) is 11.5 Å². The van der Waals surface area contributed by atoms with Crippen molar-refractivity contribution >= 4 is 34.8 Å². The van der Waals surface area contributed by atoms with Crippen molar-refractivity contribution in [3.8, 4) is 11.5 Å². The van der Waals surface area contributed by atoms with Gasteiger partial charge in [0.25, 0.3) is 0 Å². The molecule has 1 N–H and O–H groups in total. The molecular weight excluding hydrogens is 405 g/mol. The fourth-order valence-electron chi connectivity index (χ4n) is 2.56. The summed E-state index contributed by atoms with van der Waals surface area (Å²) < 4.78 is 11.7. The highest BCUT2D eigenvalue weighted by Gasteiger charge is 2.15. The number of halogens is 3. The van der Waals surface area contributed by atoms with Crippen LogP contribution in [0.15, 0.2) is 30.3 Å². The van der Waals surface area contributed by atoms with Gasteiger partial charge in [0.15, 0.2) is 11.5 Å². The fraction of sp³-hybridized carbons (Fsp3) is 0.429. The molecule has 0 amide bonds. The van der Waals surface area contributed by atoms with Gasteiger partial charge in [-0.15, -0.1) is 0 Å². The standard InChI is InChI=1S/C21H26Cl3NO2/c1-4-26-20-11-15(12-25-9-8-14(2)3)10-19(24)21(20)27-13-16-17(22)6-5-7-18(16)23/h5-7,10-11,14,25H,4,8-9,12-13H2,1-3H3. The molecule has 0 fully saturated rings. The molecule has 0 bridgehead atoms. The molecule has 148 valence electrons. The fourth-order valence-corrected chi connectivity index (χ4v) is 3.36. The van der Waals surface area contributed by atoms with Crippen LogP contribution in [0.25, 0.3) is 0 Å². The summed E-state index contributed by atoms with van der Waals surface area (Å²) >= 11 is 18.9. The molecule has 0 aliphatic rings. The van der Waals surface area contributed by atoms with E-state index in [1.807, 2.05) is 19.1 Å². The van der Waals surface area contributed by atoms with Crippen LogP contribution in [-0.2, 0) is 13.2 Å². The molecule has 0 radical (unpaired) electrons. The van der Waals surface area contributed by atoms with Crippen LogP contribution in [0.4, 0.5) is 0 Å². The minimum atomic E-state index is 0.213. The lowest BCUT2D eigenvalue weighted by atomic mass is 10.1. The zero-order valence-electron chi connectivity index (χ0n) is 16.0. The first kappa shape index (κ1) is 22.2. The Morgan fingerprint density at radius 2 is 1.70 bits per heavy atom. The average molecular weight is 431 g/mol. The van der Waals surface area contributed by atoms with Gasteiger partial charge in [0.1, 0.15) is 6.61 Å². The molecule has 6 heteroatoms. The van der Waals surface area contributed by atoms with Gasteiger partial charge in [-0.1, -0.05) is 54.7 Å². The highest BCUT2D eigenvalue weighted by molar-refractivity contribution is 6.36. The maximum atomic E-state index is 6.48. The van der Waals surface area contributed by atoms with E-state index < -0.39 is 0 Å². The lowest BCUT2D eigenvalue weighted by Gasteiger charge is -2.16. The van der Waals surface area contributed by atoms with E-state index in [-0.39, 0.29) is 6.61 Å². The number of hydrogen-bond acceptors (Lipinski definition) is 3. The second kappa shape index (κ2) is 11.0. The largest absolute Gasteiger partial charge is 0.490 e. The van der Waals surface area contributed by atoms with Crippen molar-refractivity contribution in [1.82, 2.24) is 5.32 Å². The Morgan fingerprint density at radius 1 is 1.00 bits per heavy atom. The Labute approximate surface area is 176 Å². The van der Waals surface area contributed by atoms with E-state index >= 15 is 0 Å². The van der Waals surface area contributed by atoms with Gasteiger partial charge in [-0.25, -0.2) is 0 Å². The van der Waals surface area contributed by atoms with Crippen LogP contribution in [-0.4, -0.2) is 13.2 Å². The van der Waals surface area contributed by atoms with Crippen molar-refractivity contribution in [2.24, 2.45) is 5.92 Å². The number of hydrogen-bond donors (Lipinski definition) is 1. The van der Waals surface area contributed by atoms with E-state index in [0.717, 1.165) is 30.6 Å². The van der Waals surface area contributed by atoms with Crippen molar-refractivity contribution in [2.75, 3.05) is 13.2 Å². The molecular formula is C21H26Cl3NO2.